The van der Waals surface area contributed by atoms with Crippen LogP contribution in [-0.4, -0.2) is 28.5 Å². The third kappa shape index (κ3) is 3.94. The predicted octanol–water partition coefficient (Wildman–Crippen LogP) is 1.49. The van der Waals surface area contributed by atoms with E-state index < -0.39 is 5.54 Å². The number of aliphatic hydroxyl groups is 1. The molecule has 1 aromatic rings. The molecular weight excluding hydrogens is 270 g/mol. The van der Waals surface area contributed by atoms with Crippen molar-refractivity contribution in [3.8, 4) is 0 Å². The number of amides is 1. The number of hydrogen-bond acceptors (Lipinski definition) is 2. The molecule has 0 aliphatic heterocycles. The van der Waals surface area contributed by atoms with Crippen molar-refractivity contribution < 1.29 is 9.90 Å². The van der Waals surface area contributed by atoms with Crippen LogP contribution < -0.4 is 5.32 Å². The molecule has 0 saturated carbocycles. The van der Waals surface area contributed by atoms with E-state index >= 15 is 0 Å². The fraction of sp³-hybridized carbons (Fsp3) is 0.417. The number of rotatable bonds is 5. The van der Waals surface area contributed by atoms with Gasteiger partial charge in [0.05, 0.1) is 18.6 Å². The fourth-order valence-corrected chi connectivity index (χ4v) is 1.59. The summed E-state index contributed by atoms with van der Waals surface area (Å²) in [5, 5.41) is 12.5. The Hall–Kier alpha value is -0.870. The molecule has 0 radical (unpaired) electrons. The van der Waals surface area contributed by atoms with Gasteiger partial charge >= 0.3 is 0 Å². The van der Waals surface area contributed by atoms with Gasteiger partial charge in [0, 0.05) is 5.33 Å². The summed E-state index contributed by atoms with van der Waals surface area (Å²) in [5.41, 5.74) is 0.376. The Labute approximate surface area is 104 Å². The third-order valence-electron chi connectivity index (χ3n) is 2.29. The van der Waals surface area contributed by atoms with Crippen LogP contribution in [0.25, 0.3) is 0 Å². The lowest BCUT2D eigenvalue weighted by atomic mass is 10.1. The van der Waals surface area contributed by atoms with Gasteiger partial charge in [0.2, 0.25) is 5.91 Å². The Balaban J connectivity index is 2.54. The van der Waals surface area contributed by atoms with E-state index in [-0.39, 0.29) is 12.5 Å². The number of halogens is 1. The molecule has 0 bridgehead atoms. The van der Waals surface area contributed by atoms with Gasteiger partial charge in [0.1, 0.15) is 0 Å². The Kier molecular flexibility index (Phi) is 4.96. The maximum absolute atomic E-state index is 11.7. The van der Waals surface area contributed by atoms with Gasteiger partial charge in [-0.25, -0.2) is 0 Å². The lowest BCUT2D eigenvalue weighted by molar-refractivity contribution is -0.122. The zero-order chi connectivity index (χ0) is 12.0. The van der Waals surface area contributed by atoms with E-state index in [1.807, 2.05) is 30.3 Å². The Morgan fingerprint density at radius 1 is 1.44 bits per heavy atom. The number of benzene rings is 1. The molecule has 0 fully saturated rings. The van der Waals surface area contributed by atoms with Crippen molar-refractivity contribution in [2.45, 2.75) is 18.9 Å². The summed E-state index contributed by atoms with van der Waals surface area (Å²) >= 11 is 3.27. The number of hydrogen-bond donors (Lipinski definition) is 2. The molecule has 0 aliphatic rings. The van der Waals surface area contributed by atoms with Crippen molar-refractivity contribution in [3.05, 3.63) is 35.9 Å². The van der Waals surface area contributed by atoms with E-state index in [1.165, 1.54) is 0 Å². The summed E-state index contributed by atoms with van der Waals surface area (Å²) in [7, 11) is 0. The van der Waals surface area contributed by atoms with Crippen molar-refractivity contribution in [1.82, 2.24) is 5.32 Å². The zero-order valence-electron chi connectivity index (χ0n) is 9.24. The largest absolute Gasteiger partial charge is 0.394 e. The van der Waals surface area contributed by atoms with Gasteiger partial charge in [0.15, 0.2) is 0 Å². The Morgan fingerprint density at radius 2 is 2.06 bits per heavy atom. The molecule has 1 rings (SSSR count). The van der Waals surface area contributed by atoms with Gasteiger partial charge in [-0.15, -0.1) is 0 Å². The van der Waals surface area contributed by atoms with E-state index in [1.54, 1.807) is 6.92 Å². The molecule has 0 heterocycles. The highest BCUT2D eigenvalue weighted by atomic mass is 79.9. The molecule has 0 aliphatic carbocycles. The highest BCUT2D eigenvalue weighted by Crippen LogP contribution is 2.08. The summed E-state index contributed by atoms with van der Waals surface area (Å²) in [4.78, 5) is 11.7. The van der Waals surface area contributed by atoms with Crippen LogP contribution in [0.4, 0.5) is 0 Å². The quantitative estimate of drug-likeness (QED) is 0.806. The van der Waals surface area contributed by atoms with Crippen LogP contribution in [0.5, 0.6) is 0 Å². The lowest BCUT2D eigenvalue weighted by Gasteiger charge is -2.26. The molecule has 4 heteroatoms. The first-order valence-electron chi connectivity index (χ1n) is 5.11. The molecule has 2 N–H and O–H groups in total. The van der Waals surface area contributed by atoms with Crippen LogP contribution in [0.1, 0.15) is 12.5 Å². The van der Waals surface area contributed by atoms with E-state index in [0.29, 0.717) is 11.8 Å². The second-order valence-electron chi connectivity index (χ2n) is 4.06. The SMILES string of the molecule is CC(CO)(CBr)NC(=O)Cc1ccccc1. The molecule has 0 aromatic heterocycles. The monoisotopic (exact) mass is 285 g/mol. The molecule has 1 atom stereocenters. The van der Waals surface area contributed by atoms with Crippen molar-refractivity contribution >= 4 is 21.8 Å². The van der Waals surface area contributed by atoms with Crippen molar-refractivity contribution in [2.24, 2.45) is 0 Å². The molecule has 1 unspecified atom stereocenters. The smallest absolute Gasteiger partial charge is 0.224 e. The molecule has 3 nitrogen and oxygen atoms in total. The minimum atomic E-state index is -0.591. The molecule has 1 aromatic carbocycles. The van der Waals surface area contributed by atoms with Crippen LogP contribution in [0.3, 0.4) is 0 Å². The van der Waals surface area contributed by atoms with Gasteiger partial charge in [-0.05, 0) is 12.5 Å². The minimum absolute atomic E-state index is 0.0813. The maximum Gasteiger partial charge on any atom is 0.224 e. The fourth-order valence-electron chi connectivity index (χ4n) is 1.28. The zero-order valence-corrected chi connectivity index (χ0v) is 10.8. The number of carbonyl (C=O) groups is 1. The Morgan fingerprint density at radius 3 is 2.56 bits per heavy atom. The number of carbonyl (C=O) groups excluding carboxylic acids is 1. The average molecular weight is 286 g/mol. The van der Waals surface area contributed by atoms with Gasteiger partial charge in [0.25, 0.3) is 0 Å². The molecule has 1 amide bonds. The van der Waals surface area contributed by atoms with E-state index in [0.717, 1.165) is 5.56 Å². The van der Waals surface area contributed by atoms with Crippen LogP contribution in [0.15, 0.2) is 30.3 Å². The third-order valence-corrected chi connectivity index (χ3v) is 3.53. The molecule has 88 valence electrons. The summed E-state index contributed by atoms with van der Waals surface area (Å²) in [6.45, 7) is 1.71. The van der Waals surface area contributed by atoms with Crippen LogP contribution in [-0.2, 0) is 11.2 Å². The number of nitrogens with one attached hydrogen (secondary N) is 1. The second-order valence-corrected chi connectivity index (χ2v) is 4.62. The van der Waals surface area contributed by atoms with E-state index in [4.69, 9.17) is 5.11 Å². The summed E-state index contributed by atoms with van der Waals surface area (Å²) in [5.74, 6) is -0.0813. The normalized spacial score (nSPS) is 14.2. The maximum atomic E-state index is 11.7. The predicted molar refractivity (Wildman–Crippen MR) is 67.6 cm³/mol. The summed E-state index contributed by atoms with van der Waals surface area (Å²) < 4.78 is 0. The first-order valence-corrected chi connectivity index (χ1v) is 6.23. The first-order chi connectivity index (χ1) is 7.59. The highest BCUT2D eigenvalue weighted by Gasteiger charge is 2.23. The lowest BCUT2D eigenvalue weighted by Crippen LogP contribution is -2.50. The molecule has 0 spiro atoms. The van der Waals surface area contributed by atoms with Gasteiger partial charge in [-0.2, -0.15) is 0 Å². The average Bonchev–Trinajstić information content (AvgIpc) is 2.30. The van der Waals surface area contributed by atoms with E-state index in [2.05, 4.69) is 21.2 Å². The van der Waals surface area contributed by atoms with Crippen molar-refractivity contribution in [3.63, 3.8) is 0 Å². The van der Waals surface area contributed by atoms with Crippen molar-refractivity contribution in [2.75, 3.05) is 11.9 Å². The second kappa shape index (κ2) is 6.01. The van der Waals surface area contributed by atoms with Crippen LogP contribution in [0, 0.1) is 0 Å². The number of aliphatic hydroxyl groups excluding tert-OH is 1. The van der Waals surface area contributed by atoms with Gasteiger partial charge < -0.3 is 10.4 Å². The summed E-state index contributed by atoms with van der Waals surface area (Å²) in [6, 6.07) is 9.53. The Bertz CT molecular complexity index is 336. The first kappa shape index (κ1) is 13.2. The number of alkyl halides is 1. The minimum Gasteiger partial charge on any atom is -0.394 e. The molecular formula is C12H16BrNO2. The van der Waals surface area contributed by atoms with Gasteiger partial charge in [-0.1, -0.05) is 46.3 Å². The standard InChI is InChI=1S/C12H16BrNO2/c1-12(8-13,9-15)14-11(16)7-10-5-3-2-4-6-10/h2-6,15H,7-9H2,1H3,(H,14,16). The highest BCUT2D eigenvalue weighted by molar-refractivity contribution is 9.09. The van der Waals surface area contributed by atoms with Crippen molar-refractivity contribution in [1.29, 1.82) is 0 Å². The van der Waals surface area contributed by atoms with Crippen LogP contribution >= 0.6 is 15.9 Å². The van der Waals surface area contributed by atoms with E-state index in [9.17, 15) is 4.79 Å². The molecule has 0 saturated heterocycles. The van der Waals surface area contributed by atoms with Gasteiger partial charge in [-0.3, -0.25) is 4.79 Å². The topological polar surface area (TPSA) is 49.3 Å². The molecule has 16 heavy (non-hydrogen) atoms. The summed E-state index contributed by atoms with van der Waals surface area (Å²) in [6.07, 6.45) is 0.337. The van der Waals surface area contributed by atoms with Crippen LogP contribution in [0.2, 0.25) is 0 Å².